The predicted octanol–water partition coefficient (Wildman–Crippen LogP) is 1.53. The van der Waals surface area contributed by atoms with Gasteiger partial charge in [-0.25, -0.2) is 0 Å². The fraction of sp³-hybridized carbons (Fsp3) is 0.562. The number of fused-ring (bicyclic) bond motifs is 1. The van der Waals surface area contributed by atoms with E-state index in [1.54, 1.807) is 6.07 Å². The quantitative estimate of drug-likeness (QED) is 0.917. The molecule has 1 aromatic carbocycles. The summed E-state index contributed by atoms with van der Waals surface area (Å²) in [6.07, 6.45) is 2.38. The molecular formula is C16H22N2O3. The molecule has 0 spiro atoms. The summed E-state index contributed by atoms with van der Waals surface area (Å²) < 4.78 is 11.0. The molecule has 0 aromatic heterocycles. The van der Waals surface area contributed by atoms with Gasteiger partial charge in [0.05, 0.1) is 0 Å². The van der Waals surface area contributed by atoms with Gasteiger partial charge in [0.1, 0.15) is 13.2 Å². The van der Waals surface area contributed by atoms with E-state index in [0.717, 1.165) is 25.4 Å². The summed E-state index contributed by atoms with van der Waals surface area (Å²) in [6, 6.07) is 5.41. The maximum Gasteiger partial charge on any atom is 0.253 e. The Morgan fingerprint density at radius 3 is 2.90 bits per heavy atom. The fourth-order valence-corrected chi connectivity index (χ4v) is 2.95. The van der Waals surface area contributed by atoms with E-state index in [0.29, 0.717) is 30.4 Å². The molecule has 1 atom stereocenters. The molecule has 114 valence electrons. The van der Waals surface area contributed by atoms with E-state index in [1.807, 2.05) is 24.1 Å². The zero-order valence-electron chi connectivity index (χ0n) is 12.4. The van der Waals surface area contributed by atoms with Crippen LogP contribution in [-0.2, 0) is 0 Å². The maximum atomic E-state index is 12.5. The number of carbonyl (C=O) groups excluding carboxylic acids is 1. The number of amides is 1. The molecule has 2 aliphatic rings. The van der Waals surface area contributed by atoms with E-state index >= 15 is 0 Å². The lowest BCUT2D eigenvalue weighted by Gasteiger charge is -2.28. The van der Waals surface area contributed by atoms with Crippen molar-refractivity contribution in [2.24, 2.45) is 5.92 Å². The first-order valence-electron chi connectivity index (χ1n) is 7.60. The number of benzene rings is 1. The average Bonchev–Trinajstić information content (AvgIpc) is 2.54. The molecule has 5 heteroatoms. The highest BCUT2D eigenvalue weighted by Crippen LogP contribution is 2.31. The monoisotopic (exact) mass is 290 g/mol. The van der Waals surface area contributed by atoms with Crippen LogP contribution in [0, 0.1) is 5.92 Å². The lowest BCUT2D eigenvalue weighted by atomic mass is 9.99. The van der Waals surface area contributed by atoms with Crippen molar-refractivity contribution in [3.8, 4) is 11.5 Å². The van der Waals surface area contributed by atoms with E-state index in [-0.39, 0.29) is 5.91 Å². The number of ether oxygens (including phenoxy) is 2. The highest BCUT2D eigenvalue weighted by molar-refractivity contribution is 5.94. The molecule has 1 N–H and O–H groups in total. The third-order valence-corrected chi connectivity index (χ3v) is 4.07. The topological polar surface area (TPSA) is 50.8 Å². The van der Waals surface area contributed by atoms with Crippen molar-refractivity contribution in [1.82, 2.24) is 10.2 Å². The SMILES string of the molecule is CN(C[C@@H]1CCCNC1)C(=O)c1ccc2c(c1)OCCO2. The number of hydrogen-bond donors (Lipinski definition) is 1. The van der Waals surface area contributed by atoms with E-state index in [9.17, 15) is 4.79 Å². The van der Waals surface area contributed by atoms with Crippen LogP contribution in [0.2, 0.25) is 0 Å². The van der Waals surface area contributed by atoms with Gasteiger partial charge < -0.3 is 19.7 Å². The van der Waals surface area contributed by atoms with Crippen molar-refractivity contribution < 1.29 is 14.3 Å². The number of nitrogens with one attached hydrogen (secondary N) is 1. The highest BCUT2D eigenvalue weighted by Gasteiger charge is 2.21. The Labute approximate surface area is 125 Å². The second-order valence-corrected chi connectivity index (χ2v) is 5.76. The standard InChI is InChI=1S/C16H22N2O3/c1-18(11-12-3-2-6-17-10-12)16(19)13-4-5-14-15(9-13)21-8-7-20-14/h4-5,9,12,17H,2-3,6-8,10-11H2,1H3/t12-/m1/s1. The Bertz CT molecular complexity index is 512. The van der Waals surface area contributed by atoms with Gasteiger partial charge in [-0.05, 0) is 50.0 Å². The van der Waals surface area contributed by atoms with E-state index in [1.165, 1.54) is 12.8 Å². The molecule has 21 heavy (non-hydrogen) atoms. The van der Waals surface area contributed by atoms with Crippen molar-refractivity contribution in [1.29, 1.82) is 0 Å². The van der Waals surface area contributed by atoms with E-state index in [4.69, 9.17) is 9.47 Å². The molecule has 0 bridgehead atoms. The number of rotatable bonds is 3. The molecule has 1 fully saturated rings. The van der Waals surface area contributed by atoms with Gasteiger partial charge in [-0.1, -0.05) is 0 Å². The first-order chi connectivity index (χ1) is 10.2. The van der Waals surface area contributed by atoms with Crippen LogP contribution in [0.1, 0.15) is 23.2 Å². The molecule has 1 amide bonds. The van der Waals surface area contributed by atoms with Crippen LogP contribution in [0.4, 0.5) is 0 Å². The molecule has 0 unspecified atom stereocenters. The first kappa shape index (κ1) is 14.2. The highest BCUT2D eigenvalue weighted by atomic mass is 16.6. The van der Waals surface area contributed by atoms with Gasteiger partial charge in [-0.15, -0.1) is 0 Å². The van der Waals surface area contributed by atoms with Gasteiger partial charge in [-0.3, -0.25) is 4.79 Å². The second kappa shape index (κ2) is 6.35. The summed E-state index contributed by atoms with van der Waals surface area (Å²) in [5.74, 6) is 1.97. The molecule has 1 saturated heterocycles. The Balaban J connectivity index is 1.66. The van der Waals surface area contributed by atoms with Crippen LogP contribution < -0.4 is 14.8 Å². The van der Waals surface area contributed by atoms with Gasteiger partial charge >= 0.3 is 0 Å². The normalized spacial score (nSPS) is 20.9. The number of nitrogens with zero attached hydrogens (tertiary/aromatic N) is 1. The van der Waals surface area contributed by atoms with Gasteiger partial charge in [-0.2, -0.15) is 0 Å². The van der Waals surface area contributed by atoms with Crippen LogP contribution in [0.3, 0.4) is 0 Å². The van der Waals surface area contributed by atoms with Crippen LogP contribution in [0.25, 0.3) is 0 Å². The molecule has 0 saturated carbocycles. The summed E-state index contributed by atoms with van der Waals surface area (Å²) in [4.78, 5) is 14.3. The summed E-state index contributed by atoms with van der Waals surface area (Å²) >= 11 is 0. The molecule has 0 aliphatic carbocycles. The molecular weight excluding hydrogens is 268 g/mol. The Kier molecular flexibility index (Phi) is 4.29. The Morgan fingerprint density at radius 1 is 1.33 bits per heavy atom. The minimum absolute atomic E-state index is 0.0394. The molecule has 5 nitrogen and oxygen atoms in total. The summed E-state index contributed by atoms with van der Waals surface area (Å²) in [6.45, 7) is 3.98. The average molecular weight is 290 g/mol. The van der Waals surface area contributed by atoms with Gasteiger partial charge in [0.15, 0.2) is 11.5 Å². The van der Waals surface area contributed by atoms with Gasteiger partial charge in [0, 0.05) is 19.2 Å². The van der Waals surface area contributed by atoms with Crippen LogP contribution in [0.5, 0.6) is 11.5 Å². The zero-order valence-corrected chi connectivity index (χ0v) is 12.4. The molecule has 2 heterocycles. The second-order valence-electron chi connectivity index (χ2n) is 5.76. The summed E-state index contributed by atoms with van der Waals surface area (Å²) in [7, 11) is 1.87. The van der Waals surface area contributed by atoms with Crippen LogP contribution in [-0.4, -0.2) is 50.7 Å². The van der Waals surface area contributed by atoms with Crippen LogP contribution in [0.15, 0.2) is 18.2 Å². The number of carbonyl (C=O) groups is 1. The number of piperidine rings is 1. The van der Waals surface area contributed by atoms with E-state index in [2.05, 4.69) is 5.32 Å². The van der Waals surface area contributed by atoms with Crippen molar-refractivity contribution in [2.45, 2.75) is 12.8 Å². The summed E-state index contributed by atoms with van der Waals surface area (Å²) in [5, 5.41) is 3.39. The minimum Gasteiger partial charge on any atom is -0.486 e. The third-order valence-electron chi connectivity index (χ3n) is 4.07. The van der Waals surface area contributed by atoms with Crippen LogP contribution >= 0.6 is 0 Å². The lowest BCUT2D eigenvalue weighted by Crippen LogP contribution is -2.39. The van der Waals surface area contributed by atoms with E-state index < -0.39 is 0 Å². The zero-order chi connectivity index (χ0) is 14.7. The fourth-order valence-electron chi connectivity index (χ4n) is 2.95. The largest absolute Gasteiger partial charge is 0.486 e. The molecule has 0 radical (unpaired) electrons. The predicted molar refractivity (Wildman–Crippen MR) is 80.0 cm³/mol. The Morgan fingerprint density at radius 2 is 2.14 bits per heavy atom. The number of hydrogen-bond acceptors (Lipinski definition) is 4. The smallest absolute Gasteiger partial charge is 0.253 e. The van der Waals surface area contributed by atoms with Crippen molar-refractivity contribution in [3.05, 3.63) is 23.8 Å². The lowest BCUT2D eigenvalue weighted by molar-refractivity contribution is 0.0763. The van der Waals surface area contributed by atoms with Crippen molar-refractivity contribution in [2.75, 3.05) is 39.9 Å². The van der Waals surface area contributed by atoms with Crippen molar-refractivity contribution >= 4 is 5.91 Å². The minimum atomic E-state index is 0.0394. The Hall–Kier alpha value is -1.75. The summed E-state index contributed by atoms with van der Waals surface area (Å²) in [5.41, 5.74) is 0.658. The third kappa shape index (κ3) is 3.29. The molecule has 1 aromatic rings. The van der Waals surface area contributed by atoms with Crippen molar-refractivity contribution in [3.63, 3.8) is 0 Å². The molecule has 2 aliphatic heterocycles. The first-order valence-corrected chi connectivity index (χ1v) is 7.60. The molecule has 3 rings (SSSR count). The van der Waals surface area contributed by atoms with Gasteiger partial charge in [0.25, 0.3) is 5.91 Å². The van der Waals surface area contributed by atoms with Gasteiger partial charge in [0.2, 0.25) is 0 Å². The maximum absolute atomic E-state index is 12.5.